The molecule has 2 aliphatic heterocycles. The lowest BCUT2D eigenvalue weighted by atomic mass is 9.98. The molecular formula is C26H38N4O5S2. The first-order valence-corrected chi connectivity index (χ1v) is 14.9. The monoisotopic (exact) mass is 550 g/mol. The van der Waals surface area contributed by atoms with Crippen molar-refractivity contribution < 1.29 is 23.1 Å². The van der Waals surface area contributed by atoms with Gasteiger partial charge in [0.2, 0.25) is 5.91 Å². The van der Waals surface area contributed by atoms with Crippen LogP contribution in [0.25, 0.3) is 0 Å². The number of piperazine rings is 1. The van der Waals surface area contributed by atoms with Gasteiger partial charge < -0.3 is 19.6 Å². The maximum atomic E-state index is 13.4. The van der Waals surface area contributed by atoms with Crippen LogP contribution in [0, 0.1) is 0 Å². The van der Waals surface area contributed by atoms with Crippen LogP contribution < -0.4 is 4.90 Å². The van der Waals surface area contributed by atoms with Gasteiger partial charge >= 0.3 is 0 Å². The van der Waals surface area contributed by atoms with Crippen molar-refractivity contribution >= 4 is 33.0 Å². The number of carbonyl (C=O) groups excluding carboxylic acids is 1. The van der Waals surface area contributed by atoms with E-state index in [1.807, 2.05) is 24.3 Å². The molecule has 0 aliphatic carbocycles. The highest BCUT2D eigenvalue weighted by Gasteiger charge is 2.37. The van der Waals surface area contributed by atoms with Crippen molar-refractivity contribution in [2.45, 2.75) is 42.2 Å². The van der Waals surface area contributed by atoms with Crippen LogP contribution in [0.2, 0.25) is 0 Å². The minimum atomic E-state index is -3.58. The number of hydrogen-bond acceptors (Lipinski definition) is 8. The number of hydrogen-bond donors (Lipinski definition) is 1. The summed E-state index contributed by atoms with van der Waals surface area (Å²) in [6.07, 6.45) is 0.358. The molecule has 1 N–H and O–H groups in total. The molecule has 1 aromatic carbocycles. The molecule has 37 heavy (non-hydrogen) atoms. The van der Waals surface area contributed by atoms with Crippen LogP contribution in [0.5, 0.6) is 0 Å². The molecule has 1 aromatic heterocycles. The smallest absolute Gasteiger partial charge is 0.252 e. The lowest BCUT2D eigenvalue weighted by Gasteiger charge is -2.46. The number of carbonyl (C=O) groups is 1. The van der Waals surface area contributed by atoms with Crippen molar-refractivity contribution in [1.29, 1.82) is 0 Å². The summed E-state index contributed by atoms with van der Waals surface area (Å²) < 4.78 is 34.4. The Balaban J connectivity index is 1.60. The van der Waals surface area contributed by atoms with Gasteiger partial charge in [-0.2, -0.15) is 4.31 Å². The molecule has 3 heterocycles. The number of amides is 1. The largest absolute Gasteiger partial charge is 0.386 e. The van der Waals surface area contributed by atoms with E-state index in [0.717, 1.165) is 11.3 Å². The molecule has 1 amide bonds. The summed E-state index contributed by atoms with van der Waals surface area (Å²) in [7, 11) is -0.0721. The fourth-order valence-corrected chi connectivity index (χ4v) is 7.52. The van der Waals surface area contributed by atoms with Gasteiger partial charge in [-0.1, -0.05) is 18.2 Å². The second kappa shape index (κ2) is 11.4. The van der Waals surface area contributed by atoms with Gasteiger partial charge in [-0.15, -0.1) is 11.3 Å². The zero-order valence-corrected chi connectivity index (χ0v) is 23.7. The van der Waals surface area contributed by atoms with E-state index in [-0.39, 0.29) is 18.0 Å². The number of morpholine rings is 1. The molecule has 2 aromatic rings. The van der Waals surface area contributed by atoms with E-state index in [9.17, 15) is 18.3 Å². The standard InChI is InChI=1S/C26H38N4O5S2/c1-26(2,32)20-7-9-21(10-8-20)30-12-11-29(37(33,34)25-6-5-15-36-25)18-23(30)17-28-13-14-35-19-22(28)16-24(31)27(3)4/h5-10,15,22-23,32H,11-14,16-19H2,1-4H3/t22-,23+/m1/s1. The van der Waals surface area contributed by atoms with Crippen molar-refractivity contribution in [3.63, 3.8) is 0 Å². The third-order valence-corrected chi connectivity index (χ3v) is 10.4. The SMILES string of the molecule is CN(C)C(=O)C[C@@H]1COCCN1C[C@H]1CN(S(=O)(=O)c2cccs2)CCN1c1ccc(C(C)(C)O)cc1. The minimum Gasteiger partial charge on any atom is -0.386 e. The van der Waals surface area contributed by atoms with E-state index in [4.69, 9.17) is 4.74 Å². The van der Waals surface area contributed by atoms with Crippen molar-refractivity contribution in [3.8, 4) is 0 Å². The summed E-state index contributed by atoms with van der Waals surface area (Å²) in [5, 5.41) is 12.2. The first-order valence-electron chi connectivity index (χ1n) is 12.6. The molecule has 0 radical (unpaired) electrons. The minimum absolute atomic E-state index is 0.0464. The highest BCUT2D eigenvalue weighted by atomic mass is 32.2. The summed E-state index contributed by atoms with van der Waals surface area (Å²) in [4.78, 5) is 18.6. The van der Waals surface area contributed by atoms with E-state index in [1.165, 1.54) is 11.3 Å². The van der Waals surface area contributed by atoms with Gasteiger partial charge in [0.15, 0.2) is 0 Å². The Morgan fingerprint density at radius 2 is 1.86 bits per heavy atom. The maximum absolute atomic E-state index is 13.4. The third-order valence-electron chi connectivity index (χ3n) is 7.14. The first-order chi connectivity index (χ1) is 17.5. The van der Waals surface area contributed by atoms with Crippen LogP contribution in [-0.4, -0.2) is 106 Å². The number of ether oxygens (including phenoxy) is 1. The van der Waals surface area contributed by atoms with Crippen LogP contribution in [-0.2, 0) is 25.2 Å². The Kier molecular flexibility index (Phi) is 8.61. The molecule has 0 unspecified atom stereocenters. The van der Waals surface area contributed by atoms with Crippen molar-refractivity contribution in [3.05, 3.63) is 47.3 Å². The third kappa shape index (κ3) is 6.52. The normalized spacial score (nSPS) is 22.2. The van der Waals surface area contributed by atoms with E-state index < -0.39 is 15.6 Å². The average molecular weight is 551 g/mol. The van der Waals surface area contributed by atoms with E-state index in [2.05, 4.69) is 9.80 Å². The predicted molar refractivity (Wildman–Crippen MR) is 145 cm³/mol. The molecule has 2 saturated heterocycles. The highest BCUT2D eigenvalue weighted by molar-refractivity contribution is 7.91. The predicted octanol–water partition coefficient (Wildman–Crippen LogP) is 2.03. The van der Waals surface area contributed by atoms with Crippen molar-refractivity contribution in [1.82, 2.24) is 14.1 Å². The number of anilines is 1. The molecule has 0 saturated carbocycles. The molecule has 0 bridgehead atoms. The first kappa shape index (κ1) is 28.0. The number of aliphatic hydroxyl groups is 1. The van der Waals surface area contributed by atoms with Crippen LogP contribution in [0.3, 0.4) is 0 Å². The van der Waals surface area contributed by atoms with Crippen molar-refractivity contribution in [2.75, 3.05) is 64.9 Å². The Morgan fingerprint density at radius 3 is 2.49 bits per heavy atom. The Labute approximate surface area is 224 Å². The maximum Gasteiger partial charge on any atom is 0.252 e. The summed E-state index contributed by atoms with van der Waals surface area (Å²) >= 11 is 1.24. The Bertz CT molecular complexity index is 1150. The summed E-state index contributed by atoms with van der Waals surface area (Å²) in [5.41, 5.74) is 0.869. The molecule has 2 atom stereocenters. The van der Waals surface area contributed by atoms with Gasteiger partial charge in [0.25, 0.3) is 10.0 Å². The fraction of sp³-hybridized carbons (Fsp3) is 0.577. The molecule has 0 spiro atoms. The van der Waals surface area contributed by atoms with Gasteiger partial charge in [0, 0.05) is 65.0 Å². The molecule has 2 aliphatic rings. The molecule has 11 heteroatoms. The molecule has 204 valence electrons. The zero-order chi connectivity index (χ0) is 26.8. The second-order valence-electron chi connectivity index (χ2n) is 10.5. The number of thiophene rings is 1. The molecule has 2 fully saturated rings. The highest BCUT2D eigenvalue weighted by Crippen LogP contribution is 2.29. The lowest BCUT2D eigenvalue weighted by molar-refractivity contribution is -0.131. The average Bonchev–Trinajstić information content (AvgIpc) is 3.41. The van der Waals surface area contributed by atoms with E-state index >= 15 is 0 Å². The topological polar surface area (TPSA) is 93.6 Å². The lowest BCUT2D eigenvalue weighted by Crippen LogP contribution is -2.60. The van der Waals surface area contributed by atoms with Crippen molar-refractivity contribution in [2.24, 2.45) is 0 Å². The van der Waals surface area contributed by atoms with Crippen LogP contribution in [0.4, 0.5) is 5.69 Å². The van der Waals surface area contributed by atoms with Crippen LogP contribution >= 0.6 is 11.3 Å². The molecule has 4 rings (SSSR count). The van der Waals surface area contributed by atoms with Gasteiger partial charge in [0.05, 0.1) is 24.9 Å². The molecule has 9 nitrogen and oxygen atoms in total. The number of rotatable bonds is 8. The quantitative estimate of drug-likeness (QED) is 0.538. The van der Waals surface area contributed by atoms with Gasteiger partial charge in [-0.3, -0.25) is 9.69 Å². The number of benzene rings is 1. The number of sulfonamides is 1. The molecular weight excluding hydrogens is 512 g/mol. The number of nitrogens with zero attached hydrogens (tertiary/aromatic N) is 4. The van der Waals surface area contributed by atoms with Crippen LogP contribution in [0.1, 0.15) is 25.8 Å². The zero-order valence-electron chi connectivity index (χ0n) is 22.0. The van der Waals surface area contributed by atoms with Crippen LogP contribution in [0.15, 0.2) is 46.0 Å². The second-order valence-corrected chi connectivity index (χ2v) is 13.6. The van der Waals surface area contributed by atoms with Gasteiger partial charge in [0.1, 0.15) is 4.21 Å². The van der Waals surface area contributed by atoms with E-state index in [0.29, 0.717) is 56.6 Å². The Hall–Kier alpha value is -2.02. The van der Waals surface area contributed by atoms with E-state index in [1.54, 1.807) is 54.7 Å². The summed E-state index contributed by atoms with van der Waals surface area (Å²) in [6, 6.07) is 11.1. The Morgan fingerprint density at radius 1 is 1.14 bits per heavy atom. The van der Waals surface area contributed by atoms with Gasteiger partial charge in [-0.25, -0.2) is 8.42 Å². The fourth-order valence-electron chi connectivity index (χ4n) is 4.91. The van der Waals surface area contributed by atoms with Gasteiger partial charge in [-0.05, 0) is 43.0 Å². The summed E-state index contributed by atoms with van der Waals surface area (Å²) in [6.45, 7) is 7.14. The summed E-state index contributed by atoms with van der Waals surface area (Å²) in [5.74, 6) is 0.0464.